The third kappa shape index (κ3) is 4.19. The van der Waals surface area contributed by atoms with Crippen molar-refractivity contribution in [1.29, 1.82) is 0 Å². The summed E-state index contributed by atoms with van der Waals surface area (Å²) in [6.07, 6.45) is 4.58. The van der Waals surface area contributed by atoms with Gasteiger partial charge in [-0.25, -0.2) is 4.68 Å². The Morgan fingerprint density at radius 3 is 2.49 bits per heavy atom. The Hall–Kier alpha value is -3.66. The van der Waals surface area contributed by atoms with Gasteiger partial charge in [0.1, 0.15) is 5.69 Å². The first kappa shape index (κ1) is 22.5. The Morgan fingerprint density at radius 1 is 0.919 bits per heavy atom. The number of piperazine rings is 1. The maximum absolute atomic E-state index is 12.7. The van der Waals surface area contributed by atoms with Gasteiger partial charge in [0.2, 0.25) is 5.89 Å². The monoisotopic (exact) mass is 503 g/mol. The number of halogens is 2. The second kappa shape index (κ2) is 9.02. The van der Waals surface area contributed by atoms with Crippen molar-refractivity contribution in [1.82, 2.24) is 30.1 Å². The molecule has 1 saturated carbocycles. The maximum Gasteiger partial charge on any atom is 0.314 e. The van der Waals surface area contributed by atoms with Gasteiger partial charge in [0.15, 0.2) is 0 Å². The van der Waals surface area contributed by atoms with Crippen LogP contribution >= 0.6 is 0 Å². The highest BCUT2D eigenvalue weighted by atomic mass is 19.3. The van der Waals surface area contributed by atoms with Crippen LogP contribution in [0.1, 0.15) is 43.6 Å². The Morgan fingerprint density at radius 2 is 1.78 bits per heavy atom. The summed E-state index contributed by atoms with van der Waals surface area (Å²) < 4.78 is 32.2. The number of fused-ring (bicyclic) bond motifs is 2. The molecular formula is C27H27F2N7O. The fourth-order valence-corrected chi connectivity index (χ4v) is 5.91. The largest absolute Gasteiger partial charge is 0.415 e. The van der Waals surface area contributed by atoms with Crippen molar-refractivity contribution in [2.45, 2.75) is 56.8 Å². The Kier molecular flexibility index (Phi) is 5.49. The van der Waals surface area contributed by atoms with Crippen LogP contribution in [-0.4, -0.2) is 61.3 Å². The normalized spacial score (nSPS) is 21.8. The predicted octanol–water partition coefficient (Wildman–Crippen LogP) is 4.80. The van der Waals surface area contributed by atoms with Crippen molar-refractivity contribution in [2.75, 3.05) is 18.0 Å². The van der Waals surface area contributed by atoms with Gasteiger partial charge in [-0.15, -0.1) is 15.3 Å². The lowest BCUT2D eigenvalue weighted by atomic mass is 9.91. The van der Waals surface area contributed by atoms with E-state index in [4.69, 9.17) is 4.42 Å². The van der Waals surface area contributed by atoms with Crippen molar-refractivity contribution < 1.29 is 13.2 Å². The van der Waals surface area contributed by atoms with Crippen molar-refractivity contribution in [2.24, 2.45) is 0 Å². The van der Waals surface area contributed by atoms with E-state index in [1.54, 1.807) is 16.8 Å². The number of alkyl halides is 2. The summed E-state index contributed by atoms with van der Waals surface area (Å²) in [6.45, 7) is 2.83. The van der Waals surface area contributed by atoms with E-state index in [-0.39, 0.29) is 5.89 Å². The average molecular weight is 504 g/mol. The molecule has 4 aromatic rings. The molecule has 2 bridgehead atoms. The number of aromatic nitrogens is 5. The first-order chi connectivity index (χ1) is 18.1. The van der Waals surface area contributed by atoms with E-state index in [1.807, 2.05) is 18.3 Å². The topological polar surface area (TPSA) is 76.1 Å². The number of rotatable bonds is 7. The molecular weight excluding hydrogens is 476 g/mol. The lowest BCUT2D eigenvalue weighted by Gasteiger charge is -2.43. The zero-order valence-corrected chi connectivity index (χ0v) is 20.2. The zero-order valence-electron chi connectivity index (χ0n) is 20.2. The van der Waals surface area contributed by atoms with Crippen LogP contribution in [0.2, 0.25) is 0 Å². The fourth-order valence-electron chi connectivity index (χ4n) is 5.91. The second-order valence-electron chi connectivity index (χ2n) is 10.3. The molecule has 2 atom stereocenters. The third-order valence-corrected chi connectivity index (χ3v) is 8.01. The van der Waals surface area contributed by atoms with Gasteiger partial charge < -0.3 is 9.32 Å². The second-order valence-corrected chi connectivity index (χ2v) is 10.3. The van der Waals surface area contributed by atoms with E-state index >= 15 is 0 Å². The molecule has 2 saturated heterocycles. The van der Waals surface area contributed by atoms with Gasteiger partial charge in [0.05, 0.1) is 12.7 Å². The van der Waals surface area contributed by atoms with Crippen LogP contribution < -0.4 is 4.90 Å². The third-order valence-electron chi connectivity index (χ3n) is 8.01. The summed E-state index contributed by atoms with van der Waals surface area (Å²) in [5.41, 5.74) is 4.74. The summed E-state index contributed by atoms with van der Waals surface area (Å²) in [5, 5.41) is 15.8. The van der Waals surface area contributed by atoms with Gasteiger partial charge in [-0.2, -0.15) is 8.78 Å². The molecule has 0 N–H and O–H groups in total. The Labute approximate surface area is 212 Å². The van der Waals surface area contributed by atoms with Crippen LogP contribution in [0.3, 0.4) is 0 Å². The summed E-state index contributed by atoms with van der Waals surface area (Å²) in [5.74, 6) is -0.599. The quantitative estimate of drug-likeness (QED) is 0.359. The Balaban J connectivity index is 1.02. The van der Waals surface area contributed by atoms with Crippen LogP contribution in [-0.2, 0) is 6.54 Å². The highest BCUT2D eigenvalue weighted by molar-refractivity contribution is 5.66. The molecule has 0 amide bonds. The van der Waals surface area contributed by atoms with Crippen molar-refractivity contribution in [3.8, 4) is 22.7 Å². The molecule has 0 spiro atoms. The molecule has 7 rings (SSSR count). The van der Waals surface area contributed by atoms with E-state index in [0.29, 0.717) is 24.2 Å². The maximum atomic E-state index is 12.7. The minimum atomic E-state index is -2.78. The summed E-state index contributed by atoms with van der Waals surface area (Å²) in [4.78, 5) is 5.33. The molecule has 3 aliphatic rings. The lowest BCUT2D eigenvalue weighted by molar-refractivity contribution is 0.107. The molecule has 1 aliphatic carbocycles. The lowest BCUT2D eigenvalue weighted by Crippen LogP contribution is -2.52. The van der Waals surface area contributed by atoms with Crippen LogP contribution in [0, 0.1) is 0 Å². The minimum Gasteiger partial charge on any atom is -0.415 e. The van der Waals surface area contributed by atoms with Crippen molar-refractivity contribution in [3.63, 3.8) is 0 Å². The molecule has 37 heavy (non-hydrogen) atoms. The van der Waals surface area contributed by atoms with Gasteiger partial charge in [-0.1, -0.05) is 35.9 Å². The Bertz CT molecular complexity index is 1400. The van der Waals surface area contributed by atoms with Crippen LogP contribution in [0.25, 0.3) is 22.7 Å². The molecule has 3 fully saturated rings. The number of hydrogen-bond donors (Lipinski definition) is 0. The first-order valence-corrected chi connectivity index (χ1v) is 12.8. The number of likely N-dealkylation sites (tertiary alicyclic amines) is 1. The SMILES string of the molecule is FC(F)c1nnc(-c2ccc(Cn3cc(-c4cccc(N5C[C@@H]6C[C@H]5CN6C5CCC5)c4)nn3)cc2)o1. The number of anilines is 1. The number of benzene rings is 2. The van der Waals surface area contributed by atoms with E-state index in [0.717, 1.165) is 29.4 Å². The zero-order chi connectivity index (χ0) is 24.9. The number of hydrogen-bond acceptors (Lipinski definition) is 7. The van der Waals surface area contributed by atoms with Gasteiger partial charge in [-0.05, 0) is 49.1 Å². The van der Waals surface area contributed by atoms with Gasteiger partial charge >= 0.3 is 6.43 Å². The van der Waals surface area contributed by atoms with Crippen molar-refractivity contribution in [3.05, 3.63) is 66.2 Å². The minimum absolute atomic E-state index is 0.0757. The first-order valence-electron chi connectivity index (χ1n) is 12.8. The van der Waals surface area contributed by atoms with Crippen LogP contribution in [0.5, 0.6) is 0 Å². The molecule has 10 heteroatoms. The van der Waals surface area contributed by atoms with Gasteiger partial charge in [0, 0.05) is 48.0 Å². The summed E-state index contributed by atoms with van der Waals surface area (Å²) >= 11 is 0. The fraction of sp³-hybridized carbons (Fsp3) is 0.407. The molecule has 4 heterocycles. The molecule has 2 aromatic carbocycles. The predicted molar refractivity (Wildman–Crippen MR) is 133 cm³/mol. The molecule has 2 aliphatic heterocycles. The van der Waals surface area contributed by atoms with E-state index < -0.39 is 12.3 Å². The smallest absolute Gasteiger partial charge is 0.314 e. The standard InChI is InChI=1S/C27H27F2N7O/c28-25(29)27-32-31-26(37-27)18-9-7-17(8-10-18)13-34-16-24(30-33-34)19-3-1-6-21(11-19)36-15-22-12-23(36)14-35(22)20-4-2-5-20/h1,3,6-11,16,20,22-23,25H,2,4-5,12-15H2/t22-,23-/m0/s1. The van der Waals surface area contributed by atoms with Gasteiger partial charge in [-0.3, -0.25) is 4.90 Å². The molecule has 0 unspecified atom stereocenters. The molecule has 2 aromatic heterocycles. The van der Waals surface area contributed by atoms with Crippen LogP contribution in [0.4, 0.5) is 14.5 Å². The molecule has 8 nitrogen and oxygen atoms in total. The van der Waals surface area contributed by atoms with E-state index in [9.17, 15) is 8.78 Å². The van der Waals surface area contributed by atoms with Crippen LogP contribution in [0.15, 0.2) is 59.1 Å². The molecule has 190 valence electrons. The average Bonchev–Trinajstić information content (AvgIpc) is 3.68. The van der Waals surface area contributed by atoms with E-state index in [2.05, 4.69) is 54.6 Å². The van der Waals surface area contributed by atoms with Gasteiger partial charge in [0.25, 0.3) is 5.89 Å². The summed E-state index contributed by atoms with van der Waals surface area (Å²) in [6, 6.07) is 18.1. The highest BCUT2D eigenvalue weighted by Crippen LogP contribution is 2.40. The van der Waals surface area contributed by atoms with E-state index in [1.165, 1.54) is 37.9 Å². The van der Waals surface area contributed by atoms with Crippen molar-refractivity contribution >= 4 is 5.69 Å². The number of nitrogens with zero attached hydrogens (tertiary/aromatic N) is 7. The highest BCUT2D eigenvalue weighted by Gasteiger charge is 2.46. The molecule has 0 radical (unpaired) electrons. The summed E-state index contributed by atoms with van der Waals surface area (Å²) in [7, 11) is 0.